The molecular weight excluding hydrogens is 408 g/mol. The molecule has 0 saturated carbocycles. The Bertz CT molecular complexity index is 1170. The van der Waals surface area contributed by atoms with Crippen molar-refractivity contribution in [2.24, 2.45) is 0 Å². The quantitative estimate of drug-likeness (QED) is 0.531. The molecule has 0 saturated heterocycles. The molecule has 0 aromatic heterocycles. The Morgan fingerprint density at radius 2 is 1.50 bits per heavy atom. The van der Waals surface area contributed by atoms with E-state index in [1.807, 2.05) is 0 Å². The van der Waals surface area contributed by atoms with Crippen LogP contribution in [0, 0.1) is 0 Å². The normalized spacial score (nSPS) is 11.1. The number of hydrogen-bond acceptors (Lipinski definition) is 6. The number of aromatic carboxylic acids is 1. The van der Waals surface area contributed by atoms with Crippen molar-refractivity contribution in [3.63, 3.8) is 0 Å². The average Bonchev–Trinajstić information content (AvgIpc) is 2.75. The fraction of sp³-hybridized carbons (Fsp3) is 0.0909. The van der Waals surface area contributed by atoms with Gasteiger partial charge in [-0.1, -0.05) is 30.3 Å². The first-order valence-corrected chi connectivity index (χ1v) is 10.5. The third kappa shape index (κ3) is 4.84. The van der Waals surface area contributed by atoms with Gasteiger partial charge in [0.15, 0.2) is 15.6 Å². The molecule has 0 atom stereocenters. The van der Waals surface area contributed by atoms with Crippen LogP contribution in [0.2, 0.25) is 0 Å². The van der Waals surface area contributed by atoms with Crippen molar-refractivity contribution < 1.29 is 33.0 Å². The maximum Gasteiger partial charge on any atom is 0.339 e. The van der Waals surface area contributed by atoms with Crippen LogP contribution < -0.4 is 4.74 Å². The van der Waals surface area contributed by atoms with Crippen LogP contribution in [-0.4, -0.2) is 42.7 Å². The van der Waals surface area contributed by atoms with Gasteiger partial charge in [0, 0.05) is 11.1 Å². The van der Waals surface area contributed by atoms with Crippen LogP contribution in [0.15, 0.2) is 77.7 Å². The molecule has 0 radical (unpaired) electrons. The molecule has 2 N–H and O–H groups in total. The van der Waals surface area contributed by atoms with E-state index in [-0.39, 0.29) is 34.4 Å². The number of ketones is 1. The van der Waals surface area contributed by atoms with E-state index in [1.165, 1.54) is 30.3 Å². The van der Waals surface area contributed by atoms with E-state index in [9.17, 15) is 23.1 Å². The Labute approximate surface area is 173 Å². The lowest BCUT2D eigenvalue weighted by atomic mass is 10.0. The van der Waals surface area contributed by atoms with Crippen LogP contribution in [0.5, 0.6) is 11.5 Å². The SMILES string of the molecule is O=C(c1ccccc1)c1ccc(S(=O)(=O)CCOc2ccc(O)c(C(=O)O)c2)cc1. The first kappa shape index (κ1) is 21.1. The van der Waals surface area contributed by atoms with Crippen molar-refractivity contribution in [3.05, 3.63) is 89.5 Å². The van der Waals surface area contributed by atoms with E-state index in [1.54, 1.807) is 30.3 Å². The lowest BCUT2D eigenvalue weighted by Gasteiger charge is -2.09. The van der Waals surface area contributed by atoms with Crippen LogP contribution in [0.3, 0.4) is 0 Å². The number of ether oxygens (including phenoxy) is 1. The Hall–Kier alpha value is -3.65. The van der Waals surface area contributed by atoms with Gasteiger partial charge < -0.3 is 14.9 Å². The predicted molar refractivity (Wildman–Crippen MR) is 109 cm³/mol. The Morgan fingerprint density at radius 1 is 0.867 bits per heavy atom. The maximum atomic E-state index is 12.5. The second-order valence-corrected chi connectivity index (χ2v) is 8.48. The van der Waals surface area contributed by atoms with Gasteiger partial charge in [-0.3, -0.25) is 4.79 Å². The van der Waals surface area contributed by atoms with Crippen LogP contribution in [0.25, 0.3) is 0 Å². The van der Waals surface area contributed by atoms with Gasteiger partial charge in [0.2, 0.25) is 0 Å². The van der Waals surface area contributed by atoms with Crippen LogP contribution in [0.4, 0.5) is 0 Å². The fourth-order valence-electron chi connectivity index (χ4n) is 2.73. The molecule has 0 bridgehead atoms. The summed E-state index contributed by atoms with van der Waals surface area (Å²) in [5, 5.41) is 18.5. The number of carbonyl (C=O) groups excluding carboxylic acids is 1. The number of aromatic hydroxyl groups is 1. The van der Waals surface area contributed by atoms with Crippen LogP contribution >= 0.6 is 0 Å². The summed E-state index contributed by atoms with van der Waals surface area (Å²) in [5.74, 6) is -2.15. The summed E-state index contributed by atoms with van der Waals surface area (Å²) >= 11 is 0. The number of carboxylic acids is 1. The zero-order chi connectivity index (χ0) is 21.7. The smallest absolute Gasteiger partial charge is 0.339 e. The summed E-state index contributed by atoms with van der Waals surface area (Å²) in [6, 6.07) is 18.0. The molecule has 0 heterocycles. The predicted octanol–water partition coefficient (Wildman–Crippen LogP) is 3.17. The Morgan fingerprint density at radius 3 is 2.13 bits per heavy atom. The highest BCUT2D eigenvalue weighted by atomic mass is 32.2. The van der Waals surface area contributed by atoms with Crippen molar-refractivity contribution in [2.45, 2.75) is 4.90 Å². The summed E-state index contributed by atoms with van der Waals surface area (Å²) in [4.78, 5) is 23.5. The minimum Gasteiger partial charge on any atom is -0.507 e. The number of phenols is 1. The van der Waals surface area contributed by atoms with Crippen molar-refractivity contribution in [1.29, 1.82) is 0 Å². The van der Waals surface area contributed by atoms with Gasteiger partial charge in [0.05, 0.1) is 10.6 Å². The zero-order valence-electron chi connectivity index (χ0n) is 15.7. The number of carboxylic acid groups (broad SMARTS) is 1. The summed E-state index contributed by atoms with van der Waals surface area (Å²) in [7, 11) is -3.67. The fourth-order valence-corrected chi connectivity index (χ4v) is 3.82. The number of hydrogen-bond donors (Lipinski definition) is 2. The number of rotatable bonds is 8. The highest BCUT2D eigenvalue weighted by Crippen LogP contribution is 2.23. The second kappa shape index (κ2) is 8.79. The largest absolute Gasteiger partial charge is 0.507 e. The van der Waals surface area contributed by atoms with E-state index in [0.29, 0.717) is 11.1 Å². The molecule has 3 rings (SSSR count). The standard InChI is InChI=1S/C22H18O7S/c23-20-11-8-17(14-19(20)22(25)26)29-12-13-30(27,28)18-9-6-16(7-10-18)21(24)15-4-2-1-3-5-15/h1-11,14,23H,12-13H2,(H,25,26). The van der Waals surface area contributed by atoms with Gasteiger partial charge in [0.1, 0.15) is 23.7 Å². The van der Waals surface area contributed by atoms with Gasteiger partial charge in [-0.25, -0.2) is 13.2 Å². The zero-order valence-corrected chi connectivity index (χ0v) is 16.5. The van der Waals surface area contributed by atoms with Gasteiger partial charge >= 0.3 is 5.97 Å². The lowest BCUT2D eigenvalue weighted by Crippen LogP contribution is -2.14. The van der Waals surface area contributed by atoms with Crippen molar-refractivity contribution >= 4 is 21.6 Å². The first-order valence-electron chi connectivity index (χ1n) is 8.89. The molecule has 0 fully saturated rings. The van der Waals surface area contributed by atoms with Crippen molar-refractivity contribution in [3.8, 4) is 11.5 Å². The molecule has 3 aromatic rings. The Balaban J connectivity index is 1.65. The molecule has 0 aliphatic heterocycles. The molecule has 0 amide bonds. The van der Waals surface area contributed by atoms with E-state index in [0.717, 1.165) is 12.1 Å². The van der Waals surface area contributed by atoms with Crippen LogP contribution in [-0.2, 0) is 9.84 Å². The molecule has 154 valence electrons. The molecule has 7 nitrogen and oxygen atoms in total. The molecule has 30 heavy (non-hydrogen) atoms. The highest BCUT2D eigenvalue weighted by molar-refractivity contribution is 7.91. The van der Waals surface area contributed by atoms with Gasteiger partial charge in [-0.15, -0.1) is 0 Å². The molecule has 0 unspecified atom stereocenters. The minimum absolute atomic E-state index is 0.0487. The Kier molecular flexibility index (Phi) is 6.17. The average molecular weight is 426 g/mol. The van der Waals surface area contributed by atoms with Gasteiger partial charge in [-0.05, 0) is 42.5 Å². The monoisotopic (exact) mass is 426 g/mol. The van der Waals surface area contributed by atoms with Gasteiger partial charge in [-0.2, -0.15) is 0 Å². The second-order valence-electron chi connectivity index (χ2n) is 6.37. The molecule has 8 heteroatoms. The molecule has 0 aliphatic rings. The van der Waals surface area contributed by atoms with Crippen molar-refractivity contribution in [1.82, 2.24) is 0 Å². The van der Waals surface area contributed by atoms with E-state index in [4.69, 9.17) is 9.84 Å². The summed E-state index contributed by atoms with van der Waals surface area (Å²) in [6.45, 7) is -0.211. The number of sulfone groups is 1. The van der Waals surface area contributed by atoms with Crippen molar-refractivity contribution in [2.75, 3.05) is 12.4 Å². The summed E-state index contributed by atoms with van der Waals surface area (Å²) in [6.07, 6.45) is 0. The molecule has 0 aliphatic carbocycles. The van der Waals surface area contributed by atoms with E-state index in [2.05, 4.69) is 0 Å². The third-order valence-corrected chi connectivity index (χ3v) is 6.03. The van der Waals surface area contributed by atoms with Crippen LogP contribution in [0.1, 0.15) is 26.3 Å². The number of carbonyl (C=O) groups is 2. The topological polar surface area (TPSA) is 118 Å². The minimum atomic E-state index is -3.67. The summed E-state index contributed by atoms with van der Waals surface area (Å²) < 4.78 is 30.3. The lowest BCUT2D eigenvalue weighted by molar-refractivity contribution is 0.0693. The highest BCUT2D eigenvalue weighted by Gasteiger charge is 2.17. The first-order chi connectivity index (χ1) is 14.3. The summed E-state index contributed by atoms with van der Waals surface area (Å²) in [5.41, 5.74) is 0.548. The maximum absolute atomic E-state index is 12.5. The number of benzene rings is 3. The molecule has 0 spiro atoms. The van der Waals surface area contributed by atoms with Gasteiger partial charge in [0.25, 0.3) is 0 Å². The van der Waals surface area contributed by atoms with E-state index < -0.39 is 21.6 Å². The molecule has 3 aromatic carbocycles. The third-order valence-electron chi connectivity index (χ3n) is 4.33. The van der Waals surface area contributed by atoms with E-state index >= 15 is 0 Å². The molecular formula is C22H18O7S.